The highest BCUT2D eigenvalue weighted by atomic mass is 32.2. The van der Waals surface area contributed by atoms with Gasteiger partial charge in [0.2, 0.25) is 6.54 Å². The minimum absolute atomic E-state index is 0.185. The summed E-state index contributed by atoms with van der Waals surface area (Å²) >= 11 is 0. The van der Waals surface area contributed by atoms with E-state index in [9.17, 15) is 17.8 Å². The zero-order chi connectivity index (χ0) is 24.5. The molecule has 9 heteroatoms. The third-order valence-corrected chi connectivity index (χ3v) is 5.59. The zero-order valence-electron chi connectivity index (χ0n) is 19.3. The van der Waals surface area contributed by atoms with Crippen molar-refractivity contribution in [3.05, 3.63) is 60.4 Å². The van der Waals surface area contributed by atoms with E-state index in [1.54, 1.807) is 11.0 Å². The van der Waals surface area contributed by atoms with Crippen molar-refractivity contribution in [2.24, 2.45) is 0 Å². The van der Waals surface area contributed by atoms with Crippen LogP contribution >= 0.6 is 0 Å². The van der Waals surface area contributed by atoms with Crippen LogP contribution in [0.25, 0.3) is 0 Å². The summed E-state index contributed by atoms with van der Waals surface area (Å²) in [4.78, 5) is 16.0. The molecule has 2 aromatic rings. The number of nitrogens with zero attached hydrogens (tertiary/aromatic N) is 3. The highest BCUT2D eigenvalue weighted by Gasteiger charge is 2.26. The summed E-state index contributed by atoms with van der Waals surface area (Å²) in [6.45, 7) is 10.1. The second-order valence-corrected chi connectivity index (χ2v) is 9.91. The van der Waals surface area contributed by atoms with Crippen LogP contribution in [0.2, 0.25) is 0 Å². The van der Waals surface area contributed by atoms with Gasteiger partial charge in [-0.2, -0.15) is 4.57 Å². The van der Waals surface area contributed by atoms with E-state index in [-0.39, 0.29) is 11.0 Å². The fourth-order valence-electron chi connectivity index (χ4n) is 3.14. The first-order chi connectivity index (χ1) is 15.5. The molecule has 1 aromatic carbocycles. The van der Waals surface area contributed by atoms with Crippen LogP contribution in [0.4, 0.5) is 4.79 Å². The van der Waals surface area contributed by atoms with E-state index in [0.717, 1.165) is 19.6 Å². The molecule has 0 spiro atoms. The molecule has 0 N–H and O–H groups in total. The molecule has 33 heavy (non-hydrogen) atoms. The Morgan fingerprint density at radius 2 is 1.70 bits per heavy atom. The van der Waals surface area contributed by atoms with Crippen LogP contribution in [0.15, 0.2) is 59.6 Å². The molecule has 2 heterocycles. The maximum atomic E-state index is 12.1. The van der Waals surface area contributed by atoms with Gasteiger partial charge in [0.1, 0.15) is 15.7 Å². The third kappa shape index (κ3) is 9.22. The lowest BCUT2D eigenvalue weighted by atomic mass is 10.2. The van der Waals surface area contributed by atoms with Gasteiger partial charge in [0, 0.05) is 38.3 Å². The summed E-state index contributed by atoms with van der Waals surface area (Å²) in [5, 5.41) is 0. The lowest BCUT2D eigenvalue weighted by molar-refractivity contribution is -0.693. The van der Waals surface area contributed by atoms with E-state index in [4.69, 9.17) is 11.2 Å². The SMILES string of the molecule is C#CC[n+]1ccccc1CN1CCN(C(=O)OC(C)(C)C)CC1.O=S(=O)([O-])c1ccccc1. The Morgan fingerprint density at radius 3 is 2.21 bits per heavy atom. The minimum Gasteiger partial charge on any atom is -0.744 e. The molecule has 1 amide bonds. The Labute approximate surface area is 196 Å². The summed E-state index contributed by atoms with van der Waals surface area (Å²) < 4.78 is 38.3. The average Bonchev–Trinajstić information content (AvgIpc) is 2.75. The molecule has 0 atom stereocenters. The van der Waals surface area contributed by atoms with E-state index in [1.165, 1.54) is 30.0 Å². The molecular weight excluding hydrogens is 442 g/mol. The second-order valence-electron chi connectivity index (χ2n) is 8.53. The Morgan fingerprint density at radius 1 is 1.09 bits per heavy atom. The second kappa shape index (κ2) is 11.8. The number of ether oxygens (including phenoxy) is 1. The van der Waals surface area contributed by atoms with Gasteiger partial charge in [0.25, 0.3) is 0 Å². The maximum absolute atomic E-state index is 12.1. The number of piperazine rings is 1. The summed E-state index contributed by atoms with van der Waals surface area (Å²) in [5.41, 5.74) is 0.745. The standard InChI is InChI=1S/C18H26N3O2.C6H6O3S/c1-5-9-20-10-7-6-8-16(20)15-19-11-13-21(14-12-19)17(22)23-18(2,3)4;7-10(8,9)6-4-2-1-3-5-6/h1,6-8,10H,9,11-15H2,2-4H3;1-5H,(H,7,8,9)/q+1;/p-1. The van der Waals surface area contributed by atoms with Gasteiger partial charge in [-0.15, -0.1) is 6.42 Å². The van der Waals surface area contributed by atoms with Crippen LogP contribution in [0.1, 0.15) is 26.5 Å². The smallest absolute Gasteiger partial charge is 0.410 e. The van der Waals surface area contributed by atoms with Crippen molar-refractivity contribution in [1.29, 1.82) is 0 Å². The first-order valence-electron chi connectivity index (χ1n) is 10.6. The van der Waals surface area contributed by atoms with Crippen LogP contribution in [-0.2, 0) is 27.9 Å². The molecule has 3 rings (SSSR count). The quantitative estimate of drug-likeness (QED) is 0.384. The Bertz CT molecular complexity index is 1050. The normalized spacial score (nSPS) is 14.6. The van der Waals surface area contributed by atoms with Crippen LogP contribution in [-0.4, -0.2) is 60.6 Å². The number of benzene rings is 1. The number of terminal acetylenes is 1. The van der Waals surface area contributed by atoms with Crippen LogP contribution in [0.3, 0.4) is 0 Å². The summed E-state index contributed by atoms with van der Waals surface area (Å²) in [6.07, 6.45) is 7.21. The molecular formula is C24H31N3O5S. The van der Waals surface area contributed by atoms with Crippen LogP contribution in [0.5, 0.6) is 0 Å². The van der Waals surface area contributed by atoms with Crippen molar-refractivity contribution in [3.63, 3.8) is 0 Å². The fourth-order valence-corrected chi connectivity index (χ4v) is 3.63. The molecule has 0 bridgehead atoms. The number of carbonyl (C=O) groups excluding carboxylic acids is 1. The van der Waals surface area contributed by atoms with Gasteiger partial charge in [-0.3, -0.25) is 4.90 Å². The third-order valence-electron chi connectivity index (χ3n) is 4.74. The molecule has 0 radical (unpaired) electrons. The molecule has 1 aliphatic rings. The van der Waals surface area contributed by atoms with Gasteiger partial charge >= 0.3 is 6.09 Å². The Hall–Kier alpha value is -2.93. The molecule has 0 saturated carbocycles. The van der Waals surface area contributed by atoms with E-state index >= 15 is 0 Å². The number of pyridine rings is 1. The highest BCUT2D eigenvalue weighted by molar-refractivity contribution is 7.85. The van der Waals surface area contributed by atoms with Gasteiger partial charge in [-0.1, -0.05) is 24.3 Å². The highest BCUT2D eigenvalue weighted by Crippen LogP contribution is 2.12. The van der Waals surface area contributed by atoms with Gasteiger partial charge in [0.15, 0.2) is 11.9 Å². The number of hydrogen-bond acceptors (Lipinski definition) is 6. The molecule has 1 saturated heterocycles. The molecule has 8 nitrogen and oxygen atoms in total. The first-order valence-corrected chi connectivity index (χ1v) is 12.0. The molecule has 1 fully saturated rings. The number of aromatic nitrogens is 1. The predicted molar refractivity (Wildman–Crippen MR) is 123 cm³/mol. The number of amides is 1. The fraction of sp³-hybridized carbons (Fsp3) is 0.417. The van der Waals surface area contributed by atoms with Gasteiger partial charge in [0.05, 0.1) is 11.4 Å². The van der Waals surface area contributed by atoms with Crippen molar-refractivity contribution < 1.29 is 27.1 Å². The summed E-state index contributed by atoms with van der Waals surface area (Å²) in [5.74, 6) is 2.68. The first kappa shape index (κ1) is 26.3. The molecule has 0 unspecified atom stereocenters. The minimum atomic E-state index is -4.25. The van der Waals surface area contributed by atoms with Gasteiger partial charge in [-0.05, 0) is 38.8 Å². The molecule has 0 aliphatic carbocycles. The van der Waals surface area contributed by atoms with Gasteiger partial charge in [-0.25, -0.2) is 13.2 Å². The van der Waals surface area contributed by atoms with E-state index in [0.29, 0.717) is 19.6 Å². The Kier molecular flexibility index (Phi) is 9.41. The average molecular weight is 474 g/mol. The van der Waals surface area contributed by atoms with E-state index in [2.05, 4.69) is 21.5 Å². The van der Waals surface area contributed by atoms with Crippen molar-refractivity contribution in [3.8, 4) is 12.3 Å². The van der Waals surface area contributed by atoms with Crippen molar-refractivity contribution in [1.82, 2.24) is 9.80 Å². The van der Waals surface area contributed by atoms with Gasteiger partial charge < -0.3 is 14.2 Å². The topological polar surface area (TPSA) is 93.9 Å². The number of rotatable bonds is 4. The van der Waals surface area contributed by atoms with Crippen LogP contribution in [0, 0.1) is 12.3 Å². The summed E-state index contributed by atoms with van der Waals surface area (Å²) in [7, 11) is -4.25. The predicted octanol–water partition coefficient (Wildman–Crippen LogP) is 2.25. The maximum Gasteiger partial charge on any atom is 0.410 e. The summed E-state index contributed by atoms with van der Waals surface area (Å²) in [6, 6.07) is 13.3. The molecule has 178 valence electrons. The molecule has 1 aromatic heterocycles. The van der Waals surface area contributed by atoms with E-state index in [1.807, 2.05) is 39.1 Å². The van der Waals surface area contributed by atoms with Crippen molar-refractivity contribution in [2.45, 2.75) is 44.4 Å². The number of carbonyl (C=O) groups is 1. The van der Waals surface area contributed by atoms with Crippen LogP contribution < -0.4 is 4.57 Å². The van der Waals surface area contributed by atoms with Crippen molar-refractivity contribution in [2.75, 3.05) is 26.2 Å². The Balaban J connectivity index is 0.000000321. The van der Waals surface area contributed by atoms with Crippen molar-refractivity contribution >= 4 is 16.2 Å². The lowest BCUT2D eigenvalue weighted by Gasteiger charge is -2.35. The zero-order valence-corrected chi connectivity index (χ0v) is 20.1. The largest absolute Gasteiger partial charge is 0.744 e. The molecule has 1 aliphatic heterocycles. The lowest BCUT2D eigenvalue weighted by Crippen LogP contribution is -2.51. The number of hydrogen-bond donors (Lipinski definition) is 0. The monoisotopic (exact) mass is 473 g/mol. The van der Waals surface area contributed by atoms with E-state index < -0.39 is 15.7 Å².